The topological polar surface area (TPSA) is 39.6 Å². The fourth-order valence-electron chi connectivity index (χ4n) is 3.60. The van der Waals surface area contributed by atoms with Crippen LogP contribution in [0.2, 0.25) is 0 Å². The number of rotatable bonds is 6. The number of hydrogen-bond donors (Lipinski definition) is 1. The maximum absolute atomic E-state index is 9.46. The van der Waals surface area contributed by atoms with Crippen LogP contribution in [0.1, 0.15) is 25.8 Å². The highest BCUT2D eigenvalue weighted by molar-refractivity contribution is 5.81. The normalized spacial score (nSPS) is 19.2. The average molecular weight is 339 g/mol. The molecule has 0 aliphatic carbocycles. The third-order valence-corrected chi connectivity index (χ3v) is 5.00. The largest absolute Gasteiger partial charge is 0.396 e. The lowest BCUT2D eigenvalue weighted by atomic mass is 10.1. The summed E-state index contributed by atoms with van der Waals surface area (Å²) in [5.74, 6) is 0. The minimum Gasteiger partial charge on any atom is -0.396 e. The lowest BCUT2D eigenvalue weighted by Crippen LogP contribution is -2.53. The molecule has 4 nitrogen and oxygen atoms in total. The van der Waals surface area contributed by atoms with Gasteiger partial charge in [-0.3, -0.25) is 14.8 Å². The molecule has 0 unspecified atom stereocenters. The lowest BCUT2D eigenvalue weighted by Gasteiger charge is -2.41. The van der Waals surface area contributed by atoms with Gasteiger partial charge in [0.2, 0.25) is 0 Å². The second kappa shape index (κ2) is 8.56. The van der Waals surface area contributed by atoms with Crippen LogP contribution in [0.15, 0.2) is 48.2 Å². The molecule has 2 heterocycles. The van der Waals surface area contributed by atoms with Crippen LogP contribution in [0.3, 0.4) is 0 Å². The van der Waals surface area contributed by atoms with Gasteiger partial charge in [-0.05, 0) is 31.9 Å². The average Bonchev–Trinajstić information content (AvgIpc) is 2.61. The number of aromatic nitrogens is 1. The van der Waals surface area contributed by atoms with E-state index in [1.807, 2.05) is 12.3 Å². The molecule has 1 aromatic carbocycles. The monoisotopic (exact) mass is 339 g/mol. The third-order valence-electron chi connectivity index (χ3n) is 5.00. The van der Waals surface area contributed by atoms with Gasteiger partial charge in [0.15, 0.2) is 0 Å². The Morgan fingerprint density at radius 2 is 2.08 bits per heavy atom. The summed E-state index contributed by atoms with van der Waals surface area (Å²) >= 11 is 0. The van der Waals surface area contributed by atoms with Gasteiger partial charge in [-0.15, -0.1) is 0 Å². The fraction of sp³-hybridized carbons (Fsp3) is 0.476. The Balaban J connectivity index is 1.70. The van der Waals surface area contributed by atoms with Crippen molar-refractivity contribution >= 4 is 10.9 Å². The number of fused-ring (bicyclic) bond motifs is 1. The van der Waals surface area contributed by atoms with E-state index in [0.29, 0.717) is 6.04 Å². The molecule has 1 aromatic heterocycles. The molecule has 1 atom stereocenters. The highest BCUT2D eigenvalue weighted by Gasteiger charge is 2.26. The van der Waals surface area contributed by atoms with Crippen LogP contribution in [0.4, 0.5) is 0 Å². The molecule has 25 heavy (non-hydrogen) atoms. The van der Waals surface area contributed by atoms with E-state index >= 15 is 0 Å². The van der Waals surface area contributed by atoms with Crippen molar-refractivity contribution in [2.75, 3.05) is 32.8 Å². The summed E-state index contributed by atoms with van der Waals surface area (Å²) in [5.41, 5.74) is 3.75. The van der Waals surface area contributed by atoms with Crippen LogP contribution < -0.4 is 0 Å². The Morgan fingerprint density at radius 1 is 1.24 bits per heavy atom. The van der Waals surface area contributed by atoms with Crippen LogP contribution in [-0.4, -0.2) is 58.7 Å². The van der Waals surface area contributed by atoms with Crippen molar-refractivity contribution < 1.29 is 5.11 Å². The van der Waals surface area contributed by atoms with Gasteiger partial charge in [0.05, 0.1) is 5.52 Å². The minimum atomic E-state index is 0.250. The molecule has 3 rings (SSSR count). The number of nitrogens with zero attached hydrogens (tertiary/aromatic N) is 3. The van der Waals surface area contributed by atoms with Crippen molar-refractivity contribution in [3.8, 4) is 0 Å². The summed E-state index contributed by atoms with van der Waals surface area (Å²) in [6.07, 6.45) is 4.99. The third kappa shape index (κ3) is 4.66. The highest BCUT2D eigenvalue weighted by atomic mass is 16.3. The maximum atomic E-state index is 9.46. The van der Waals surface area contributed by atoms with Crippen molar-refractivity contribution in [1.29, 1.82) is 0 Å². The Bertz CT molecular complexity index is 719. The van der Waals surface area contributed by atoms with Crippen LogP contribution in [0.5, 0.6) is 0 Å². The molecule has 134 valence electrons. The number of piperazine rings is 1. The molecule has 2 aromatic rings. The second-order valence-electron chi connectivity index (χ2n) is 7.17. The van der Waals surface area contributed by atoms with Gasteiger partial charge in [0.1, 0.15) is 0 Å². The summed E-state index contributed by atoms with van der Waals surface area (Å²) in [5, 5.41) is 10.7. The van der Waals surface area contributed by atoms with E-state index in [1.54, 1.807) is 0 Å². The Kier molecular flexibility index (Phi) is 6.19. The second-order valence-corrected chi connectivity index (χ2v) is 7.17. The molecule has 1 fully saturated rings. The van der Waals surface area contributed by atoms with Gasteiger partial charge in [-0.1, -0.05) is 35.9 Å². The van der Waals surface area contributed by atoms with Crippen LogP contribution >= 0.6 is 0 Å². The lowest BCUT2D eigenvalue weighted by molar-refractivity contribution is 0.0638. The van der Waals surface area contributed by atoms with Crippen LogP contribution in [-0.2, 0) is 6.54 Å². The molecular weight excluding hydrogens is 310 g/mol. The quantitative estimate of drug-likeness (QED) is 0.821. The first kappa shape index (κ1) is 18.1. The van der Waals surface area contributed by atoms with Gasteiger partial charge in [0.25, 0.3) is 0 Å². The first-order valence-corrected chi connectivity index (χ1v) is 9.20. The highest BCUT2D eigenvalue weighted by Crippen LogP contribution is 2.20. The summed E-state index contributed by atoms with van der Waals surface area (Å²) in [4.78, 5) is 9.58. The molecular formula is C21H29N3O. The molecule has 4 heteroatoms. The molecule has 0 spiro atoms. The molecule has 0 saturated carbocycles. The fourth-order valence-corrected chi connectivity index (χ4v) is 3.60. The first-order valence-electron chi connectivity index (χ1n) is 9.20. The zero-order valence-electron chi connectivity index (χ0n) is 15.4. The summed E-state index contributed by atoms with van der Waals surface area (Å²) in [7, 11) is 0. The standard InChI is InChI=1S/C21H29N3O/c1-17(2)8-11-24-13-12-23(16-20(24)9-14-25)15-19-6-3-5-18-7-4-10-22-21(18)19/h3-8,10,20,25H,9,11-16H2,1-2H3/t20-/m1/s1. The molecule has 1 saturated heterocycles. The van der Waals surface area contributed by atoms with Gasteiger partial charge in [0, 0.05) is 57.0 Å². The Morgan fingerprint density at radius 3 is 2.88 bits per heavy atom. The molecule has 0 amide bonds. The predicted molar refractivity (Wildman–Crippen MR) is 104 cm³/mol. The van der Waals surface area contributed by atoms with Gasteiger partial charge < -0.3 is 5.11 Å². The Hall–Kier alpha value is -1.75. The van der Waals surface area contributed by atoms with E-state index in [0.717, 1.165) is 44.7 Å². The zero-order valence-corrected chi connectivity index (χ0v) is 15.4. The summed E-state index contributed by atoms with van der Waals surface area (Å²) in [6.45, 7) is 9.55. The smallest absolute Gasteiger partial charge is 0.0746 e. The van der Waals surface area contributed by atoms with Gasteiger partial charge >= 0.3 is 0 Å². The van der Waals surface area contributed by atoms with E-state index in [9.17, 15) is 5.11 Å². The number of aliphatic hydroxyl groups excluding tert-OH is 1. The number of allylic oxidation sites excluding steroid dienone is 1. The summed E-state index contributed by atoms with van der Waals surface area (Å²) in [6, 6.07) is 11.0. The van der Waals surface area contributed by atoms with E-state index in [4.69, 9.17) is 0 Å². The minimum absolute atomic E-state index is 0.250. The molecule has 1 aliphatic rings. The predicted octanol–water partition coefficient (Wildman–Crippen LogP) is 3.07. The molecule has 1 aliphatic heterocycles. The zero-order chi connectivity index (χ0) is 17.6. The van der Waals surface area contributed by atoms with Gasteiger partial charge in [-0.2, -0.15) is 0 Å². The maximum Gasteiger partial charge on any atom is 0.0746 e. The molecule has 1 N–H and O–H groups in total. The van der Waals surface area contributed by atoms with E-state index < -0.39 is 0 Å². The van der Waals surface area contributed by atoms with E-state index in [-0.39, 0.29) is 6.61 Å². The number of benzene rings is 1. The van der Waals surface area contributed by atoms with Crippen molar-refractivity contribution in [3.05, 3.63) is 53.7 Å². The van der Waals surface area contributed by atoms with Crippen molar-refractivity contribution in [3.63, 3.8) is 0 Å². The Labute approximate surface area is 150 Å². The number of aliphatic hydroxyl groups is 1. The van der Waals surface area contributed by atoms with Gasteiger partial charge in [-0.25, -0.2) is 0 Å². The van der Waals surface area contributed by atoms with E-state index in [1.165, 1.54) is 16.5 Å². The van der Waals surface area contributed by atoms with Crippen molar-refractivity contribution in [2.45, 2.75) is 32.9 Å². The van der Waals surface area contributed by atoms with Crippen molar-refractivity contribution in [1.82, 2.24) is 14.8 Å². The molecule has 0 bridgehead atoms. The number of pyridine rings is 1. The van der Waals surface area contributed by atoms with Crippen LogP contribution in [0.25, 0.3) is 10.9 Å². The SMILES string of the molecule is CC(C)=CCN1CCN(Cc2cccc3cccnc23)C[C@H]1CCO. The first-order chi connectivity index (χ1) is 12.2. The van der Waals surface area contributed by atoms with Crippen LogP contribution in [0, 0.1) is 0 Å². The summed E-state index contributed by atoms with van der Waals surface area (Å²) < 4.78 is 0. The number of hydrogen-bond acceptors (Lipinski definition) is 4. The molecule has 0 radical (unpaired) electrons. The van der Waals surface area contributed by atoms with Crippen molar-refractivity contribution in [2.24, 2.45) is 0 Å². The van der Waals surface area contributed by atoms with E-state index in [2.05, 4.69) is 59.0 Å². The number of para-hydroxylation sites is 1.